The molecule has 0 aromatic rings. The minimum atomic E-state index is -4.28. The van der Waals surface area contributed by atoms with E-state index in [1.807, 2.05) is 0 Å². The third kappa shape index (κ3) is 45.4. The van der Waals surface area contributed by atoms with Crippen molar-refractivity contribution in [3.63, 3.8) is 0 Å². The van der Waals surface area contributed by atoms with Gasteiger partial charge in [-0.15, -0.1) is 0 Å². The number of phosphoric ester groups is 1. The Kier molecular flexibility index (Phi) is 44.3. The summed E-state index contributed by atoms with van der Waals surface area (Å²) in [5.41, 5.74) is 5.38. The van der Waals surface area contributed by atoms with Crippen LogP contribution in [0, 0.1) is 0 Å². The number of esters is 1. The van der Waals surface area contributed by atoms with Crippen molar-refractivity contribution in [3.8, 4) is 0 Å². The molecular formula is C48H90NO7P. The van der Waals surface area contributed by atoms with Gasteiger partial charge in [0.2, 0.25) is 0 Å². The van der Waals surface area contributed by atoms with Crippen LogP contribution >= 0.6 is 7.82 Å². The Balaban J connectivity index is 4.00. The molecule has 0 amide bonds. The van der Waals surface area contributed by atoms with Crippen LogP contribution in [0.2, 0.25) is 0 Å². The lowest BCUT2D eigenvalue weighted by Gasteiger charge is -2.20. The Morgan fingerprint density at radius 2 is 0.982 bits per heavy atom. The third-order valence-electron chi connectivity index (χ3n) is 10.0. The number of hydrogen-bond donors (Lipinski definition) is 2. The maximum Gasteiger partial charge on any atom is 0.472 e. The average Bonchev–Trinajstić information content (AvgIpc) is 3.20. The lowest BCUT2D eigenvalue weighted by Crippen LogP contribution is -2.28. The van der Waals surface area contributed by atoms with Gasteiger partial charge in [-0.2, -0.15) is 0 Å². The summed E-state index contributed by atoms with van der Waals surface area (Å²) in [5.74, 6) is -0.335. The van der Waals surface area contributed by atoms with Crippen molar-refractivity contribution < 1.29 is 32.8 Å². The van der Waals surface area contributed by atoms with E-state index in [2.05, 4.69) is 62.5 Å². The highest BCUT2D eigenvalue weighted by Crippen LogP contribution is 2.43. The average molecular weight is 824 g/mol. The Bertz CT molecular complexity index is 1010. The normalized spacial score (nSPS) is 13.8. The quantitative estimate of drug-likeness (QED) is 0.0270. The minimum Gasteiger partial charge on any atom is -0.457 e. The molecule has 0 heterocycles. The van der Waals surface area contributed by atoms with Crippen molar-refractivity contribution in [2.45, 2.75) is 219 Å². The number of ether oxygens (including phenoxy) is 2. The van der Waals surface area contributed by atoms with E-state index in [0.717, 1.165) is 70.6 Å². The zero-order chi connectivity index (χ0) is 41.6. The van der Waals surface area contributed by atoms with E-state index < -0.39 is 13.9 Å². The number of rotatable bonds is 45. The molecule has 0 radical (unpaired) electrons. The van der Waals surface area contributed by atoms with Crippen molar-refractivity contribution >= 4 is 13.8 Å². The topological polar surface area (TPSA) is 117 Å². The Morgan fingerprint density at radius 3 is 1.47 bits per heavy atom. The maximum atomic E-state index is 12.6. The SMILES string of the molecule is CC/C=C\C/C=C\C/C=C\C/C=C\CCCCCCCOCC(COP(=O)(O)OCCN)OC(=O)CCCCCCCCCCCCCCCCCCCCCC. The first-order valence-electron chi connectivity index (χ1n) is 23.6. The summed E-state index contributed by atoms with van der Waals surface area (Å²) in [6.45, 7) is 4.79. The lowest BCUT2D eigenvalue weighted by atomic mass is 10.0. The number of nitrogens with two attached hydrogens (primary N) is 1. The van der Waals surface area contributed by atoms with Gasteiger partial charge < -0.3 is 20.1 Å². The molecule has 2 atom stereocenters. The number of phosphoric acid groups is 1. The summed E-state index contributed by atoms with van der Waals surface area (Å²) in [5, 5.41) is 0. The predicted molar refractivity (Wildman–Crippen MR) is 243 cm³/mol. The molecule has 2 unspecified atom stereocenters. The molecule has 0 aliphatic carbocycles. The second-order valence-corrected chi connectivity index (χ2v) is 17.1. The van der Waals surface area contributed by atoms with Crippen molar-refractivity contribution in [2.75, 3.05) is 33.0 Å². The molecular weight excluding hydrogens is 734 g/mol. The summed E-state index contributed by atoms with van der Waals surface area (Å²) in [7, 11) is -4.28. The van der Waals surface area contributed by atoms with Gasteiger partial charge in [-0.3, -0.25) is 13.8 Å². The largest absolute Gasteiger partial charge is 0.472 e. The Hall–Kier alpha value is -1.54. The number of allylic oxidation sites excluding steroid dienone is 8. The van der Waals surface area contributed by atoms with Crippen LogP contribution < -0.4 is 5.73 Å². The third-order valence-corrected chi connectivity index (χ3v) is 11.0. The van der Waals surface area contributed by atoms with E-state index in [4.69, 9.17) is 24.3 Å². The van der Waals surface area contributed by atoms with E-state index in [-0.39, 0.29) is 32.3 Å². The molecule has 0 aliphatic rings. The van der Waals surface area contributed by atoms with Crippen LogP contribution in [0.3, 0.4) is 0 Å². The van der Waals surface area contributed by atoms with Gasteiger partial charge in [-0.1, -0.05) is 204 Å². The molecule has 0 spiro atoms. The number of carbonyl (C=O) groups is 1. The van der Waals surface area contributed by atoms with Crippen molar-refractivity contribution in [1.82, 2.24) is 0 Å². The number of carbonyl (C=O) groups excluding carboxylic acids is 1. The minimum absolute atomic E-state index is 0.0966. The monoisotopic (exact) mass is 824 g/mol. The fraction of sp³-hybridized carbons (Fsp3) is 0.812. The molecule has 57 heavy (non-hydrogen) atoms. The van der Waals surface area contributed by atoms with Crippen LogP contribution in [-0.2, 0) is 27.9 Å². The van der Waals surface area contributed by atoms with Gasteiger partial charge >= 0.3 is 13.8 Å². The molecule has 0 aromatic heterocycles. The first-order valence-corrected chi connectivity index (χ1v) is 25.1. The standard InChI is InChI=1S/C48H90NO7P/c1-3-5-7-9-11-13-15-17-19-21-23-24-25-27-29-31-33-35-37-39-41-48(50)56-47(46-55-57(51,52)54-44-42-49)45-53-43-40-38-36-34-32-30-28-26-22-20-18-16-14-12-10-8-6-4-2/h6,8,12,14,18,20,26,28,47H,3-5,7,9-11,13,15-17,19,21-25,27,29-46,49H2,1-2H3,(H,51,52)/b8-6-,14-12-,20-18-,28-26-. The molecule has 0 bridgehead atoms. The van der Waals surface area contributed by atoms with Crippen LogP contribution in [0.1, 0.15) is 213 Å². The van der Waals surface area contributed by atoms with Gasteiger partial charge in [0.15, 0.2) is 0 Å². The molecule has 9 heteroatoms. The zero-order valence-electron chi connectivity index (χ0n) is 37.1. The molecule has 0 aliphatic heterocycles. The van der Waals surface area contributed by atoms with Gasteiger partial charge in [0.05, 0.1) is 19.8 Å². The van der Waals surface area contributed by atoms with E-state index in [1.165, 1.54) is 122 Å². The van der Waals surface area contributed by atoms with Crippen molar-refractivity contribution in [3.05, 3.63) is 48.6 Å². The van der Waals surface area contributed by atoms with Crippen LogP contribution in [-0.4, -0.2) is 49.9 Å². The first kappa shape index (κ1) is 55.5. The molecule has 0 rings (SSSR count). The van der Waals surface area contributed by atoms with Crippen LogP contribution in [0.5, 0.6) is 0 Å². The van der Waals surface area contributed by atoms with E-state index in [9.17, 15) is 14.3 Å². The van der Waals surface area contributed by atoms with Gasteiger partial charge in [0.1, 0.15) is 6.10 Å². The van der Waals surface area contributed by atoms with E-state index >= 15 is 0 Å². The first-order chi connectivity index (χ1) is 27.9. The summed E-state index contributed by atoms with van der Waals surface area (Å²) >= 11 is 0. The van der Waals surface area contributed by atoms with Gasteiger partial charge in [-0.25, -0.2) is 4.57 Å². The summed E-state index contributed by atoms with van der Waals surface area (Å²) in [6, 6.07) is 0. The summed E-state index contributed by atoms with van der Waals surface area (Å²) in [6.07, 6.45) is 54.2. The Labute approximate surface area is 351 Å². The lowest BCUT2D eigenvalue weighted by molar-refractivity contribution is -0.154. The fourth-order valence-electron chi connectivity index (χ4n) is 6.58. The van der Waals surface area contributed by atoms with E-state index in [1.54, 1.807) is 0 Å². The molecule has 3 N–H and O–H groups in total. The Morgan fingerprint density at radius 1 is 0.544 bits per heavy atom. The predicted octanol–water partition coefficient (Wildman–Crippen LogP) is 14.4. The molecule has 334 valence electrons. The molecule has 0 saturated heterocycles. The summed E-state index contributed by atoms with van der Waals surface area (Å²) < 4.78 is 33.5. The fourth-order valence-corrected chi connectivity index (χ4v) is 7.34. The van der Waals surface area contributed by atoms with Crippen LogP contribution in [0.25, 0.3) is 0 Å². The molecule has 0 fully saturated rings. The highest BCUT2D eigenvalue weighted by atomic mass is 31.2. The van der Waals surface area contributed by atoms with Crippen molar-refractivity contribution in [1.29, 1.82) is 0 Å². The second kappa shape index (κ2) is 45.5. The second-order valence-electron chi connectivity index (χ2n) is 15.6. The molecule has 0 aromatic carbocycles. The summed E-state index contributed by atoms with van der Waals surface area (Å²) in [4.78, 5) is 22.5. The van der Waals surface area contributed by atoms with Crippen molar-refractivity contribution in [2.24, 2.45) is 5.73 Å². The van der Waals surface area contributed by atoms with Gasteiger partial charge in [0, 0.05) is 19.6 Å². The van der Waals surface area contributed by atoms with Crippen LogP contribution in [0.4, 0.5) is 0 Å². The molecule has 0 saturated carbocycles. The smallest absolute Gasteiger partial charge is 0.457 e. The number of hydrogen-bond acceptors (Lipinski definition) is 7. The van der Waals surface area contributed by atoms with E-state index in [0.29, 0.717) is 13.0 Å². The van der Waals surface area contributed by atoms with Gasteiger partial charge in [-0.05, 0) is 51.4 Å². The number of unbranched alkanes of at least 4 members (excludes halogenated alkanes) is 24. The highest BCUT2D eigenvalue weighted by molar-refractivity contribution is 7.47. The highest BCUT2D eigenvalue weighted by Gasteiger charge is 2.25. The zero-order valence-corrected chi connectivity index (χ0v) is 38.0. The molecule has 8 nitrogen and oxygen atoms in total. The van der Waals surface area contributed by atoms with Crippen LogP contribution in [0.15, 0.2) is 48.6 Å². The van der Waals surface area contributed by atoms with Gasteiger partial charge in [0.25, 0.3) is 0 Å². The maximum absolute atomic E-state index is 12.6.